The fourth-order valence-electron chi connectivity index (χ4n) is 5.23. The van der Waals surface area contributed by atoms with Gasteiger partial charge in [0.05, 0.1) is 26.2 Å². The largest absolute Gasteiger partial charge is 1.00 e. The fourth-order valence-corrected chi connectivity index (χ4v) is 5.23. The molecule has 2 heteroatoms. The Hall–Kier alpha value is 0.440. The van der Waals surface area contributed by atoms with E-state index in [2.05, 4.69) is 27.7 Å². The molecule has 0 saturated heterocycles. The van der Waals surface area contributed by atoms with Gasteiger partial charge in [-0.3, -0.25) is 0 Å². The first kappa shape index (κ1) is 34.6. The monoisotopic (exact) mass is 517 g/mol. The molecule has 0 heterocycles. The van der Waals surface area contributed by atoms with Crippen molar-refractivity contribution in [2.24, 2.45) is 0 Å². The molecule has 0 aliphatic rings. The molecule has 32 heavy (non-hydrogen) atoms. The van der Waals surface area contributed by atoms with E-state index in [-0.39, 0.29) is 17.0 Å². The minimum Gasteiger partial charge on any atom is -1.00 e. The molecule has 0 bridgehead atoms. The number of nitrogens with zero attached hydrogens (tertiary/aromatic N) is 1. The molecule has 0 N–H and O–H groups in total. The van der Waals surface area contributed by atoms with Gasteiger partial charge in [0.2, 0.25) is 0 Å². The minimum atomic E-state index is 0. The summed E-state index contributed by atoms with van der Waals surface area (Å²) in [6, 6.07) is 0. The SMILES string of the molecule is CCCCCCCCCCCC[N+](CCCCCC)(CCCCCC)CCCCCC.[Br-]. The smallest absolute Gasteiger partial charge is 0.0786 e. The third kappa shape index (κ3) is 22.2. The predicted molar refractivity (Wildman–Crippen MR) is 144 cm³/mol. The molecule has 0 spiro atoms. The molecule has 0 aliphatic carbocycles. The van der Waals surface area contributed by atoms with Crippen LogP contribution in [-0.2, 0) is 0 Å². The van der Waals surface area contributed by atoms with Gasteiger partial charge in [0, 0.05) is 0 Å². The third-order valence-corrected chi connectivity index (χ3v) is 7.44. The topological polar surface area (TPSA) is 0 Å². The molecule has 0 radical (unpaired) electrons. The second-order valence-corrected chi connectivity index (χ2v) is 10.6. The summed E-state index contributed by atoms with van der Waals surface area (Å²) >= 11 is 0. The summed E-state index contributed by atoms with van der Waals surface area (Å²) in [7, 11) is 0. The van der Waals surface area contributed by atoms with E-state index in [0.29, 0.717) is 0 Å². The average Bonchev–Trinajstić information content (AvgIpc) is 2.78. The van der Waals surface area contributed by atoms with Crippen molar-refractivity contribution in [3.05, 3.63) is 0 Å². The number of rotatable bonds is 26. The van der Waals surface area contributed by atoms with Crippen LogP contribution in [0, 0.1) is 0 Å². The predicted octanol–water partition coefficient (Wildman–Crippen LogP) is 7.47. The lowest BCUT2D eigenvalue weighted by Gasteiger charge is -2.39. The highest BCUT2D eigenvalue weighted by atomic mass is 79.9. The Morgan fingerprint density at radius 3 is 0.719 bits per heavy atom. The van der Waals surface area contributed by atoms with Gasteiger partial charge in [0.15, 0.2) is 0 Å². The van der Waals surface area contributed by atoms with Crippen LogP contribution in [0.4, 0.5) is 0 Å². The standard InChI is InChI=1S/C30H64N.BrH/c1-5-9-13-17-18-19-20-21-22-26-30-31(27-23-14-10-6-2,28-24-15-11-7-3)29-25-16-12-8-4;/h5-30H2,1-4H3;1H/q+1;/p-1. The second kappa shape index (κ2) is 27.7. The Morgan fingerprint density at radius 1 is 0.281 bits per heavy atom. The average molecular weight is 519 g/mol. The molecule has 0 fully saturated rings. The summed E-state index contributed by atoms with van der Waals surface area (Å²) in [5, 5.41) is 0. The van der Waals surface area contributed by atoms with Crippen molar-refractivity contribution < 1.29 is 21.5 Å². The van der Waals surface area contributed by atoms with E-state index in [1.807, 2.05) is 0 Å². The molecule has 196 valence electrons. The van der Waals surface area contributed by atoms with Crippen LogP contribution in [0.25, 0.3) is 0 Å². The lowest BCUT2D eigenvalue weighted by atomic mass is 10.0. The van der Waals surface area contributed by atoms with Crippen molar-refractivity contribution in [3.8, 4) is 0 Å². The highest BCUT2D eigenvalue weighted by Crippen LogP contribution is 2.20. The van der Waals surface area contributed by atoms with E-state index in [4.69, 9.17) is 0 Å². The molecule has 0 unspecified atom stereocenters. The summed E-state index contributed by atoms with van der Waals surface area (Å²) in [5.41, 5.74) is 0. The number of hydrogen-bond donors (Lipinski definition) is 0. The molecule has 0 saturated carbocycles. The highest BCUT2D eigenvalue weighted by Gasteiger charge is 2.25. The van der Waals surface area contributed by atoms with Gasteiger partial charge in [-0.2, -0.15) is 0 Å². The van der Waals surface area contributed by atoms with Gasteiger partial charge < -0.3 is 21.5 Å². The van der Waals surface area contributed by atoms with Gasteiger partial charge in [-0.1, -0.05) is 118 Å². The van der Waals surface area contributed by atoms with Crippen LogP contribution in [0.5, 0.6) is 0 Å². The van der Waals surface area contributed by atoms with Crippen LogP contribution >= 0.6 is 0 Å². The highest BCUT2D eigenvalue weighted by molar-refractivity contribution is 4.54. The molecule has 0 aromatic carbocycles. The van der Waals surface area contributed by atoms with Crippen molar-refractivity contribution in [2.45, 2.75) is 169 Å². The van der Waals surface area contributed by atoms with Crippen LogP contribution < -0.4 is 17.0 Å². The van der Waals surface area contributed by atoms with Crippen molar-refractivity contribution >= 4 is 0 Å². The van der Waals surface area contributed by atoms with Gasteiger partial charge in [-0.25, -0.2) is 0 Å². The molecular formula is C30H64BrN. The lowest BCUT2D eigenvalue weighted by Crippen LogP contribution is -3.00. The van der Waals surface area contributed by atoms with E-state index in [0.717, 1.165) is 0 Å². The zero-order chi connectivity index (χ0) is 22.9. The molecule has 0 aliphatic heterocycles. The van der Waals surface area contributed by atoms with Crippen LogP contribution in [0.1, 0.15) is 169 Å². The number of quaternary nitrogens is 1. The Bertz CT molecular complexity index is 300. The molecule has 0 atom stereocenters. The maximum Gasteiger partial charge on any atom is 0.0786 e. The van der Waals surface area contributed by atoms with Gasteiger partial charge in [-0.05, 0) is 51.4 Å². The quantitative estimate of drug-likeness (QED) is 0.0823. The van der Waals surface area contributed by atoms with E-state index < -0.39 is 0 Å². The van der Waals surface area contributed by atoms with E-state index in [1.165, 1.54) is 172 Å². The fraction of sp³-hybridized carbons (Fsp3) is 1.00. The van der Waals surface area contributed by atoms with Gasteiger partial charge in [-0.15, -0.1) is 0 Å². The van der Waals surface area contributed by atoms with Crippen LogP contribution in [0.2, 0.25) is 0 Å². The van der Waals surface area contributed by atoms with Crippen molar-refractivity contribution in [1.29, 1.82) is 0 Å². The van der Waals surface area contributed by atoms with E-state index >= 15 is 0 Å². The Labute approximate surface area is 216 Å². The Morgan fingerprint density at radius 2 is 0.469 bits per heavy atom. The van der Waals surface area contributed by atoms with Crippen molar-refractivity contribution in [1.82, 2.24) is 0 Å². The summed E-state index contributed by atoms with van der Waals surface area (Å²) in [6.07, 6.45) is 31.8. The van der Waals surface area contributed by atoms with E-state index in [9.17, 15) is 0 Å². The first-order chi connectivity index (χ1) is 15.2. The normalized spacial score (nSPS) is 11.6. The van der Waals surface area contributed by atoms with E-state index in [1.54, 1.807) is 0 Å². The summed E-state index contributed by atoms with van der Waals surface area (Å²) < 4.78 is 1.47. The zero-order valence-corrected chi connectivity index (χ0v) is 24.8. The van der Waals surface area contributed by atoms with Gasteiger partial charge >= 0.3 is 0 Å². The molecule has 0 rings (SSSR count). The Kier molecular flexibility index (Phi) is 29.9. The third-order valence-electron chi connectivity index (χ3n) is 7.44. The summed E-state index contributed by atoms with van der Waals surface area (Å²) in [6.45, 7) is 15.2. The first-order valence-electron chi connectivity index (χ1n) is 15.1. The maximum absolute atomic E-state index is 2.35. The molecule has 0 aromatic heterocycles. The molecule has 0 amide bonds. The van der Waals surface area contributed by atoms with Gasteiger partial charge in [0.25, 0.3) is 0 Å². The zero-order valence-electron chi connectivity index (χ0n) is 23.2. The van der Waals surface area contributed by atoms with Crippen LogP contribution in [0.15, 0.2) is 0 Å². The number of hydrogen-bond acceptors (Lipinski definition) is 0. The van der Waals surface area contributed by atoms with Gasteiger partial charge in [0.1, 0.15) is 0 Å². The molecule has 0 aromatic rings. The lowest BCUT2D eigenvalue weighted by molar-refractivity contribution is -0.929. The molecular weight excluding hydrogens is 454 g/mol. The number of halogens is 1. The first-order valence-corrected chi connectivity index (χ1v) is 15.1. The molecule has 1 nitrogen and oxygen atoms in total. The van der Waals surface area contributed by atoms with Crippen molar-refractivity contribution in [2.75, 3.05) is 26.2 Å². The summed E-state index contributed by atoms with van der Waals surface area (Å²) in [4.78, 5) is 0. The summed E-state index contributed by atoms with van der Waals surface area (Å²) in [5.74, 6) is 0. The van der Waals surface area contributed by atoms with Crippen LogP contribution in [-0.4, -0.2) is 30.7 Å². The minimum absolute atomic E-state index is 0. The Balaban J connectivity index is 0. The van der Waals surface area contributed by atoms with Crippen LogP contribution in [0.3, 0.4) is 0 Å². The second-order valence-electron chi connectivity index (χ2n) is 10.6. The maximum atomic E-state index is 2.35. The van der Waals surface area contributed by atoms with Crippen molar-refractivity contribution in [3.63, 3.8) is 0 Å². The number of unbranched alkanes of at least 4 members (excludes halogenated alkanes) is 18.